The van der Waals surface area contributed by atoms with Gasteiger partial charge >= 0.3 is 0 Å². The van der Waals surface area contributed by atoms with Crippen molar-refractivity contribution in [3.05, 3.63) is 46.8 Å². The molecule has 1 fully saturated rings. The Bertz CT molecular complexity index is 940. The molecule has 3 aliphatic rings. The number of carbonyl (C=O) groups excluding carboxylic acids is 1. The molecule has 3 aliphatic carbocycles. The van der Waals surface area contributed by atoms with Crippen molar-refractivity contribution >= 4 is 5.91 Å². The molecule has 2 aromatic rings. The highest BCUT2D eigenvalue weighted by Crippen LogP contribution is 2.62. The Morgan fingerprint density at radius 3 is 2.59 bits per heavy atom. The third-order valence-corrected chi connectivity index (χ3v) is 6.12. The third kappa shape index (κ3) is 2.77. The van der Waals surface area contributed by atoms with E-state index < -0.39 is 17.2 Å². The van der Waals surface area contributed by atoms with E-state index in [4.69, 9.17) is 0 Å². The number of rotatable bonds is 2. The molecule has 0 spiro atoms. The van der Waals surface area contributed by atoms with E-state index >= 15 is 0 Å². The molecule has 1 saturated carbocycles. The van der Waals surface area contributed by atoms with Crippen molar-refractivity contribution in [1.29, 1.82) is 0 Å². The zero-order valence-corrected chi connectivity index (χ0v) is 16.4. The SMILES string of the molecule is CC(C)(C)NC(=O)c1nn(-c2ccc(F)cc2F)c2c1C[C@H]1C[C@@H]2C1(C)C. The molecule has 5 rings (SSSR count). The third-order valence-electron chi connectivity index (χ3n) is 6.12. The van der Waals surface area contributed by atoms with Crippen molar-refractivity contribution in [2.24, 2.45) is 11.3 Å². The summed E-state index contributed by atoms with van der Waals surface area (Å²) in [4.78, 5) is 12.9. The maximum Gasteiger partial charge on any atom is 0.272 e. The van der Waals surface area contributed by atoms with E-state index in [2.05, 4.69) is 24.3 Å². The van der Waals surface area contributed by atoms with E-state index in [1.54, 1.807) is 0 Å². The van der Waals surface area contributed by atoms with Gasteiger partial charge in [-0.2, -0.15) is 5.10 Å². The van der Waals surface area contributed by atoms with Gasteiger partial charge in [0.05, 0.1) is 5.69 Å². The molecule has 1 N–H and O–H groups in total. The molecule has 0 unspecified atom stereocenters. The summed E-state index contributed by atoms with van der Waals surface area (Å²) in [5.41, 5.74) is 2.02. The van der Waals surface area contributed by atoms with Crippen LogP contribution in [0.1, 0.15) is 68.7 Å². The minimum atomic E-state index is -0.678. The average molecular weight is 373 g/mol. The summed E-state index contributed by atoms with van der Waals surface area (Å²) in [5, 5.41) is 7.48. The standard InChI is InChI=1S/C21H25F2N3O/c1-20(2,3)24-19(27)17-13-8-11-9-14(21(11,4)5)18(13)26(25-17)16-7-6-12(22)10-15(16)23/h6-7,10-11,14H,8-9H2,1-5H3,(H,24,27)/t11-,14-/m0/s1. The van der Waals surface area contributed by atoms with Crippen molar-refractivity contribution in [2.45, 2.75) is 58.9 Å². The van der Waals surface area contributed by atoms with E-state index in [0.29, 0.717) is 11.6 Å². The molecule has 6 heteroatoms. The fourth-order valence-electron chi connectivity index (χ4n) is 4.51. The minimum Gasteiger partial charge on any atom is -0.346 e. The lowest BCUT2D eigenvalue weighted by molar-refractivity contribution is 0.0145. The molecule has 0 aliphatic heterocycles. The van der Waals surface area contributed by atoms with Gasteiger partial charge in [0.25, 0.3) is 5.91 Å². The van der Waals surface area contributed by atoms with Crippen molar-refractivity contribution in [3.8, 4) is 5.69 Å². The van der Waals surface area contributed by atoms with Crippen LogP contribution in [0.15, 0.2) is 18.2 Å². The molecule has 144 valence electrons. The summed E-state index contributed by atoms with van der Waals surface area (Å²) in [6, 6.07) is 3.47. The smallest absolute Gasteiger partial charge is 0.272 e. The van der Waals surface area contributed by atoms with Gasteiger partial charge in [0, 0.05) is 23.1 Å². The second-order valence-electron chi connectivity index (χ2n) is 9.43. The molecule has 1 amide bonds. The second kappa shape index (κ2) is 5.63. The van der Waals surface area contributed by atoms with Gasteiger partial charge in [-0.3, -0.25) is 4.79 Å². The highest BCUT2D eigenvalue weighted by Gasteiger charge is 2.55. The number of benzene rings is 1. The first-order valence-electron chi connectivity index (χ1n) is 9.39. The molecule has 1 aromatic carbocycles. The molecule has 0 radical (unpaired) electrons. The number of aromatic nitrogens is 2. The Hall–Kier alpha value is -2.24. The van der Waals surface area contributed by atoms with Crippen LogP contribution < -0.4 is 5.32 Å². The van der Waals surface area contributed by atoms with Crippen LogP contribution in [-0.4, -0.2) is 21.2 Å². The van der Waals surface area contributed by atoms with Crippen molar-refractivity contribution in [1.82, 2.24) is 15.1 Å². The van der Waals surface area contributed by atoms with E-state index in [0.717, 1.165) is 30.2 Å². The molecule has 4 nitrogen and oxygen atoms in total. The molecule has 0 saturated heterocycles. The molecular formula is C21H25F2N3O. The fraction of sp³-hybridized carbons (Fsp3) is 0.524. The normalized spacial score (nSPS) is 22.8. The zero-order valence-electron chi connectivity index (χ0n) is 16.4. The number of amides is 1. The topological polar surface area (TPSA) is 46.9 Å². The van der Waals surface area contributed by atoms with Gasteiger partial charge in [-0.25, -0.2) is 13.5 Å². The van der Waals surface area contributed by atoms with Gasteiger partial charge in [-0.1, -0.05) is 13.8 Å². The Morgan fingerprint density at radius 2 is 2.00 bits per heavy atom. The second-order valence-corrected chi connectivity index (χ2v) is 9.43. The summed E-state index contributed by atoms with van der Waals surface area (Å²) in [7, 11) is 0. The first-order chi connectivity index (χ1) is 12.5. The number of halogens is 2. The monoisotopic (exact) mass is 373 g/mol. The van der Waals surface area contributed by atoms with Crippen LogP contribution in [0, 0.1) is 23.0 Å². The van der Waals surface area contributed by atoms with Gasteiger partial charge in [-0.05, 0) is 57.1 Å². The van der Waals surface area contributed by atoms with E-state index in [1.165, 1.54) is 16.8 Å². The summed E-state index contributed by atoms with van der Waals surface area (Å²) < 4.78 is 29.4. The maximum atomic E-state index is 14.5. The van der Waals surface area contributed by atoms with Gasteiger partial charge in [0.1, 0.15) is 11.5 Å². The predicted octanol–water partition coefficient (Wildman–Crippen LogP) is 4.36. The summed E-state index contributed by atoms with van der Waals surface area (Å²) >= 11 is 0. The molecule has 2 bridgehead atoms. The van der Waals surface area contributed by atoms with Crippen LogP contribution in [0.2, 0.25) is 0 Å². The van der Waals surface area contributed by atoms with Gasteiger partial charge in [0.15, 0.2) is 11.5 Å². The Morgan fingerprint density at radius 1 is 1.30 bits per heavy atom. The molecule has 27 heavy (non-hydrogen) atoms. The molecule has 1 aromatic heterocycles. The van der Waals surface area contributed by atoms with Crippen LogP contribution in [0.5, 0.6) is 0 Å². The summed E-state index contributed by atoms with van der Waals surface area (Å²) in [6.07, 6.45) is 1.77. The lowest BCUT2D eigenvalue weighted by Gasteiger charge is -2.56. The lowest BCUT2D eigenvalue weighted by atomic mass is 9.48. The van der Waals surface area contributed by atoms with Gasteiger partial charge in [-0.15, -0.1) is 0 Å². The van der Waals surface area contributed by atoms with Crippen LogP contribution >= 0.6 is 0 Å². The predicted molar refractivity (Wildman–Crippen MR) is 99.0 cm³/mol. The van der Waals surface area contributed by atoms with Gasteiger partial charge in [0.2, 0.25) is 0 Å². The highest BCUT2D eigenvalue weighted by molar-refractivity contribution is 5.94. The highest BCUT2D eigenvalue weighted by atomic mass is 19.1. The molecule has 2 atom stereocenters. The summed E-state index contributed by atoms with van der Waals surface area (Å²) in [5.74, 6) is -0.861. The first kappa shape index (κ1) is 18.1. The summed E-state index contributed by atoms with van der Waals surface area (Å²) in [6.45, 7) is 10.2. The Kier molecular flexibility index (Phi) is 3.78. The average Bonchev–Trinajstić information content (AvgIpc) is 2.92. The van der Waals surface area contributed by atoms with Crippen LogP contribution in [0.4, 0.5) is 8.78 Å². The van der Waals surface area contributed by atoms with Crippen LogP contribution in [0.25, 0.3) is 5.69 Å². The van der Waals surface area contributed by atoms with E-state index in [-0.39, 0.29) is 22.9 Å². The van der Waals surface area contributed by atoms with Crippen molar-refractivity contribution in [3.63, 3.8) is 0 Å². The Balaban J connectivity index is 1.88. The van der Waals surface area contributed by atoms with Crippen molar-refractivity contribution < 1.29 is 13.6 Å². The first-order valence-corrected chi connectivity index (χ1v) is 9.39. The van der Waals surface area contributed by atoms with Crippen LogP contribution in [0.3, 0.4) is 0 Å². The largest absolute Gasteiger partial charge is 0.346 e. The quantitative estimate of drug-likeness (QED) is 0.850. The number of hydrogen-bond donors (Lipinski definition) is 1. The van der Waals surface area contributed by atoms with Crippen LogP contribution in [-0.2, 0) is 6.42 Å². The minimum absolute atomic E-state index is 0.0824. The van der Waals surface area contributed by atoms with E-state index in [1.807, 2.05) is 20.8 Å². The fourth-order valence-corrected chi connectivity index (χ4v) is 4.51. The van der Waals surface area contributed by atoms with Crippen molar-refractivity contribution in [2.75, 3.05) is 0 Å². The molecular weight excluding hydrogens is 348 g/mol. The zero-order chi connectivity index (χ0) is 19.7. The molecule has 1 heterocycles. The number of carbonyl (C=O) groups is 1. The lowest BCUT2D eigenvalue weighted by Crippen LogP contribution is -2.49. The van der Waals surface area contributed by atoms with Gasteiger partial charge < -0.3 is 5.32 Å². The number of hydrogen-bond acceptors (Lipinski definition) is 2. The number of nitrogens with one attached hydrogen (secondary N) is 1. The van der Waals surface area contributed by atoms with E-state index in [9.17, 15) is 13.6 Å². The maximum absolute atomic E-state index is 14.5. The number of nitrogens with zero attached hydrogens (tertiary/aromatic N) is 2. The Labute approximate surface area is 158 Å².